The average Bonchev–Trinajstić information content (AvgIpc) is 3.07. The Morgan fingerprint density at radius 2 is 2.00 bits per heavy atom. The lowest BCUT2D eigenvalue weighted by Gasteiger charge is -2.17. The molecule has 0 saturated heterocycles. The Labute approximate surface area is 153 Å². The Bertz CT molecular complexity index is 992. The first-order chi connectivity index (χ1) is 12.7. The van der Waals surface area contributed by atoms with E-state index in [9.17, 15) is 4.79 Å². The number of rotatable bonds is 3. The molecule has 3 heterocycles. The first-order valence-electron chi connectivity index (χ1n) is 9.38. The van der Waals surface area contributed by atoms with Crippen molar-refractivity contribution in [2.24, 2.45) is 4.99 Å². The minimum atomic E-state index is 0.00113. The third-order valence-corrected chi connectivity index (χ3v) is 5.06. The van der Waals surface area contributed by atoms with Crippen LogP contribution >= 0.6 is 0 Å². The molecule has 0 unspecified atom stereocenters. The molecule has 26 heavy (non-hydrogen) atoms. The van der Waals surface area contributed by atoms with Gasteiger partial charge < -0.3 is 4.40 Å². The van der Waals surface area contributed by atoms with Gasteiger partial charge in [0.15, 0.2) is 0 Å². The predicted octanol–water partition coefficient (Wildman–Crippen LogP) is 3.56. The van der Waals surface area contributed by atoms with Crippen LogP contribution in [0.5, 0.6) is 0 Å². The van der Waals surface area contributed by atoms with E-state index in [1.165, 1.54) is 19.3 Å². The van der Waals surface area contributed by atoms with Crippen LogP contribution in [0.4, 0.5) is 0 Å². The molecule has 0 bridgehead atoms. The minimum absolute atomic E-state index is 0.00113. The van der Waals surface area contributed by atoms with Gasteiger partial charge in [-0.15, -0.1) is 0 Å². The number of nitrogens with zero attached hydrogens (tertiary/aromatic N) is 4. The van der Waals surface area contributed by atoms with Crippen LogP contribution in [0.1, 0.15) is 48.2 Å². The van der Waals surface area contributed by atoms with Gasteiger partial charge in [-0.05, 0) is 43.5 Å². The van der Waals surface area contributed by atoms with Gasteiger partial charge in [0.25, 0.3) is 0 Å². The Balaban J connectivity index is 1.61. The fourth-order valence-electron chi connectivity index (χ4n) is 3.68. The van der Waals surface area contributed by atoms with Crippen molar-refractivity contribution in [3.63, 3.8) is 0 Å². The maximum absolute atomic E-state index is 12.9. The number of pyridine rings is 2. The van der Waals surface area contributed by atoms with Crippen molar-refractivity contribution >= 4 is 11.6 Å². The van der Waals surface area contributed by atoms with Crippen LogP contribution in [0.25, 0.3) is 5.65 Å². The highest BCUT2D eigenvalue weighted by molar-refractivity contribution is 5.80. The van der Waals surface area contributed by atoms with E-state index in [4.69, 9.17) is 4.99 Å². The van der Waals surface area contributed by atoms with Gasteiger partial charge in [-0.2, -0.15) is 0 Å². The van der Waals surface area contributed by atoms with E-state index in [0.717, 1.165) is 35.2 Å². The molecule has 1 aliphatic carbocycles. The minimum Gasteiger partial charge on any atom is -0.307 e. The van der Waals surface area contributed by atoms with E-state index in [1.807, 2.05) is 60.2 Å². The zero-order valence-electron chi connectivity index (χ0n) is 15.1. The van der Waals surface area contributed by atoms with Crippen molar-refractivity contribution < 1.29 is 4.79 Å². The van der Waals surface area contributed by atoms with Crippen molar-refractivity contribution in [2.75, 3.05) is 0 Å². The third kappa shape index (κ3) is 3.47. The van der Waals surface area contributed by atoms with Crippen molar-refractivity contribution in [1.29, 1.82) is 0 Å². The van der Waals surface area contributed by atoms with Crippen molar-refractivity contribution in [1.82, 2.24) is 14.0 Å². The van der Waals surface area contributed by atoms with Gasteiger partial charge in [-0.25, -0.2) is 4.98 Å². The molecule has 0 amide bonds. The zero-order chi connectivity index (χ0) is 17.9. The molecule has 1 saturated carbocycles. The lowest BCUT2D eigenvalue weighted by Crippen LogP contribution is -2.29. The number of fused-ring (bicyclic) bond motifs is 1. The Morgan fingerprint density at radius 3 is 2.81 bits per heavy atom. The summed E-state index contributed by atoms with van der Waals surface area (Å²) in [4.78, 5) is 22.4. The van der Waals surface area contributed by atoms with Crippen LogP contribution in [0, 0.1) is 6.92 Å². The summed E-state index contributed by atoms with van der Waals surface area (Å²) in [6, 6.07) is 10.1. The Hall–Kier alpha value is -2.69. The predicted molar refractivity (Wildman–Crippen MR) is 101 cm³/mol. The molecule has 134 valence electrons. The van der Waals surface area contributed by atoms with Crippen LogP contribution in [0.3, 0.4) is 0 Å². The molecule has 0 aromatic carbocycles. The fraction of sp³-hybridized carbons (Fsp3) is 0.381. The van der Waals surface area contributed by atoms with E-state index in [2.05, 4.69) is 4.98 Å². The summed E-state index contributed by atoms with van der Waals surface area (Å²) >= 11 is 0. The van der Waals surface area contributed by atoms with Gasteiger partial charge in [0.1, 0.15) is 11.1 Å². The normalized spacial score (nSPS) is 16.3. The lowest BCUT2D eigenvalue weighted by molar-refractivity contribution is 0.0907. The van der Waals surface area contributed by atoms with E-state index in [0.29, 0.717) is 6.04 Å². The first kappa shape index (κ1) is 16.8. The molecule has 3 aromatic rings. The van der Waals surface area contributed by atoms with Crippen LogP contribution in [0.15, 0.2) is 53.9 Å². The molecule has 3 aromatic heterocycles. The number of aryl methyl sites for hydroxylation is 1. The van der Waals surface area contributed by atoms with Crippen LogP contribution in [-0.2, 0) is 6.42 Å². The second-order valence-electron chi connectivity index (χ2n) is 7.07. The smallest absolute Gasteiger partial charge is 0.238 e. The number of carbonyl (C=O) groups is 1. The topological polar surface area (TPSA) is 51.7 Å². The first-order valence-corrected chi connectivity index (χ1v) is 9.38. The summed E-state index contributed by atoms with van der Waals surface area (Å²) < 4.78 is 3.65. The number of carbonyl (C=O) groups excluding carboxylic acids is 1. The van der Waals surface area contributed by atoms with Gasteiger partial charge >= 0.3 is 0 Å². The monoisotopic (exact) mass is 348 g/mol. The molecule has 5 nitrogen and oxygen atoms in total. The van der Waals surface area contributed by atoms with Gasteiger partial charge in [0.2, 0.25) is 5.91 Å². The average molecular weight is 348 g/mol. The molecule has 1 fully saturated rings. The number of aromatic nitrogens is 3. The third-order valence-electron chi connectivity index (χ3n) is 5.06. The van der Waals surface area contributed by atoms with Gasteiger partial charge in [0, 0.05) is 18.6 Å². The Kier molecular flexibility index (Phi) is 4.69. The van der Waals surface area contributed by atoms with E-state index in [1.54, 1.807) is 4.57 Å². The summed E-state index contributed by atoms with van der Waals surface area (Å²) in [5, 5.41) is 0. The summed E-state index contributed by atoms with van der Waals surface area (Å²) in [6.07, 6.45) is 12.0. The highest BCUT2D eigenvalue weighted by atomic mass is 16.2. The fourth-order valence-corrected chi connectivity index (χ4v) is 3.68. The molecule has 4 rings (SSSR count). The molecule has 0 spiro atoms. The molecular weight excluding hydrogens is 324 g/mol. The quantitative estimate of drug-likeness (QED) is 0.727. The molecular formula is C21H24N4O. The van der Waals surface area contributed by atoms with Gasteiger partial charge in [-0.3, -0.25) is 14.4 Å². The summed E-state index contributed by atoms with van der Waals surface area (Å²) in [5.41, 5.74) is 3.54. The van der Waals surface area contributed by atoms with E-state index >= 15 is 0 Å². The second kappa shape index (κ2) is 7.28. The molecule has 1 aliphatic rings. The van der Waals surface area contributed by atoms with Gasteiger partial charge in [-0.1, -0.05) is 31.4 Å². The Morgan fingerprint density at radius 1 is 1.15 bits per heavy atom. The van der Waals surface area contributed by atoms with E-state index < -0.39 is 0 Å². The lowest BCUT2D eigenvalue weighted by atomic mass is 9.96. The second-order valence-corrected chi connectivity index (χ2v) is 7.07. The molecule has 0 N–H and O–H groups in total. The highest BCUT2D eigenvalue weighted by Gasteiger charge is 2.14. The van der Waals surface area contributed by atoms with Gasteiger partial charge in [0.05, 0.1) is 18.2 Å². The maximum Gasteiger partial charge on any atom is 0.238 e. The van der Waals surface area contributed by atoms with Crippen LogP contribution < -0.4 is 5.49 Å². The summed E-state index contributed by atoms with van der Waals surface area (Å²) in [6.45, 7) is 2.03. The van der Waals surface area contributed by atoms with Crippen LogP contribution in [-0.4, -0.2) is 25.9 Å². The molecule has 0 atom stereocenters. The van der Waals surface area contributed by atoms with Crippen LogP contribution in [0.2, 0.25) is 0 Å². The van der Waals surface area contributed by atoms with Crippen molar-refractivity contribution in [3.8, 4) is 0 Å². The molecule has 0 aliphatic heterocycles. The standard InChI is InChI=1S/C21H24N4O/c1-16-8-7-12-24-15-18(23-21(16)24)14-20(26)25-13-6-5-11-19(25)22-17-9-3-2-4-10-17/h5-8,11-13,15,17H,2-4,9-10,14H2,1H3. The highest BCUT2D eigenvalue weighted by Crippen LogP contribution is 2.19. The van der Waals surface area contributed by atoms with Crippen molar-refractivity contribution in [3.05, 3.63) is 65.7 Å². The SMILES string of the molecule is Cc1cccn2cc(CC(=O)n3ccccc3=NC3CCCCC3)nc12. The van der Waals surface area contributed by atoms with E-state index in [-0.39, 0.29) is 12.3 Å². The molecule has 0 radical (unpaired) electrons. The zero-order valence-corrected chi connectivity index (χ0v) is 15.1. The largest absolute Gasteiger partial charge is 0.307 e. The molecule has 5 heteroatoms. The number of hydrogen-bond acceptors (Lipinski definition) is 3. The maximum atomic E-state index is 12.9. The summed E-state index contributed by atoms with van der Waals surface area (Å²) in [7, 11) is 0. The van der Waals surface area contributed by atoms with Crippen molar-refractivity contribution in [2.45, 2.75) is 51.5 Å². The number of hydrogen-bond donors (Lipinski definition) is 0. The summed E-state index contributed by atoms with van der Waals surface area (Å²) in [5.74, 6) is 0.00113. The number of imidazole rings is 1.